The molecule has 1 saturated heterocycles. The van der Waals surface area contributed by atoms with Crippen LogP contribution in [0.4, 0.5) is 0 Å². The molecule has 0 aromatic carbocycles. The van der Waals surface area contributed by atoms with Gasteiger partial charge in [-0.15, -0.1) is 0 Å². The van der Waals surface area contributed by atoms with Crippen LogP contribution in [0, 0.1) is 17.8 Å². The summed E-state index contributed by atoms with van der Waals surface area (Å²) in [4.78, 5) is 0. The van der Waals surface area contributed by atoms with Crippen molar-refractivity contribution >= 4 is 0 Å². The fourth-order valence-corrected chi connectivity index (χ4v) is 4.12. The predicted molar refractivity (Wildman–Crippen MR) is 86.0 cm³/mol. The third-order valence-electron chi connectivity index (χ3n) is 5.75. The van der Waals surface area contributed by atoms with Crippen molar-refractivity contribution in [1.29, 1.82) is 0 Å². The Morgan fingerprint density at radius 2 is 1.95 bits per heavy atom. The Kier molecular flexibility index (Phi) is 6.83. The maximum Gasteiger partial charge on any atom is 0.0575 e. The van der Waals surface area contributed by atoms with Crippen LogP contribution in [-0.4, -0.2) is 25.3 Å². The summed E-state index contributed by atoms with van der Waals surface area (Å²) in [7, 11) is 0. The first-order chi connectivity index (χ1) is 9.70. The van der Waals surface area contributed by atoms with Crippen molar-refractivity contribution < 1.29 is 4.74 Å². The molecule has 0 aromatic rings. The molecule has 1 heterocycles. The Balaban J connectivity index is 1.79. The molecule has 0 amide bonds. The highest BCUT2D eigenvalue weighted by Gasteiger charge is 2.30. The first-order valence-corrected chi connectivity index (χ1v) is 9.05. The fourth-order valence-electron chi connectivity index (χ4n) is 4.12. The standard InChI is InChI=1S/C18H35NO/c1-4-19-18(11-10-17-7-5-6-12-20-17)16-9-8-14(2)15(3)13-16/h14-19H,4-13H2,1-3H3. The molecule has 118 valence electrons. The highest BCUT2D eigenvalue weighted by molar-refractivity contribution is 4.84. The molecule has 0 bridgehead atoms. The topological polar surface area (TPSA) is 21.3 Å². The van der Waals surface area contributed by atoms with Gasteiger partial charge < -0.3 is 10.1 Å². The molecule has 1 N–H and O–H groups in total. The van der Waals surface area contributed by atoms with E-state index in [1.165, 1.54) is 51.4 Å². The van der Waals surface area contributed by atoms with Gasteiger partial charge in [-0.2, -0.15) is 0 Å². The molecule has 0 radical (unpaired) electrons. The molecule has 2 heteroatoms. The molecular weight excluding hydrogens is 246 g/mol. The lowest BCUT2D eigenvalue weighted by Gasteiger charge is -2.37. The van der Waals surface area contributed by atoms with Crippen molar-refractivity contribution in [2.75, 3.05) is 13.2 Å². The SMILES string of the molecule is CCNC(CCC1CCCCO1)C1CCC(C)C(C)C1. The van der Waals surface area contributed by atoms with E-state index in [-0.39, 0.29) is 0 Å². The Morgan fingerprint density at radius 1 is 1.10 bits per heavy atom. The summed E-state index contributed by atoms with van der Waals surface area (Å²) in [6.45, 7) is 9.23. The van der Waals surface area contributed by atoms with E-state index in [9.17, 15) is 0 Å². The Morgan fingerprint density at radius 3 is 2.60 bits per heavy atom. The summed E-state index contributed by atoms with van der Waals surface area (Å²) in [6.07, 6.45) is 11.3. The predicted octanol–water partition coefficient (Wildman–Crippen LogP) is 4.39. The van der Waals surface area contributed by atoms with Crippen LogP contribution < -0.4 is 5.32 Å². The minimum atomic E-state index is 0.546. The van der Waals surface area contributed by atoms with Crippen LogP contribution in [0.5, 0.6) is 0 Å². The lowest BCUT2D eigenvalue weighted by Crippen LogP contribution is -2.40. The zero-order valence-corrected chi connectivity index (χ0v) is 13.9. The van der Waals surface area contributed by atoms with Gasteiger partial charge in [0.15, 0.2) is 0 Å². The van der Waals surface area contributed by atoms with Gasteiger partial charge in [-0.3, -0.25) is 0 Å². The van der Waals surface area contributed by atoms with Crippen molar-refractivity contribution in [3.8, 4) is 0 Å². The van der Waals surface area contributed by atoms with Crippen LogP contribution >= 0.6 is 0 Å². The molecule has 5 unspecified atom stereocenters. The molecule has 2 aliphatic rings. The lowest BCUT2D eigenvalue weighted by molar-refractivity contribution is 0.00647. The largest absolute Gasteiger partial charge is 0.378 e. The van der Waals surface area contributed by atoms with Crippen LogP contribution in [0.15, 0.2) is 0 Å². The third kappa shape index (κ3) is 4.73. The van der Waals surface area contributed by atoms with Gasteiger partial charge in [0.1, 0.15) is 0 Å². The minimum Gasteiger partial charge on any atom is -0.378 e. The smallest absolute Gasteiger partial charge is 0.0575 e. The molecule has 20 heavy (non-hydrogen) atoms. The summed E-state index contributed by atoms with van der Waals surface area (Å²) in [5.41, 5.74) is 0. The van der Waals surface area contributed by atoms with Gasteiger partial charge in [-0.05, 0) is 69.2 Å². The minimum absolute atomic E-state index is 0.546. The van der Waals surface area contributed by atoms with Gasteiger partial charge in [0, 0.05) is 12.6 Å². The van der Waals surface area contributed by atoms with Gasteiger partial charge in [0.2, 0.25) is 0 Å². The van der Waals surface area contributed by atoms with Crippen molar-refractivity contribution in [2.24, 2.45) is 17.8 Å². The molecule has 0 aromatic heterocycles. The molecule has 2 rings (SSSR count). The normalized spacial score (nSPS) is 36.8. The van der Waals surface area contributed by atoms with Gasteiger partial charge in [-0.25, -0.2) is 0 Å². The van der Waals surface area contributed by atoms with Crippen LogP contribution in [0.25, 0.3) is 0 Å². The first-order valence-electron chi connectivity index (χ1n) is 9.05. The van der Waals surface area contributed by atoms with Crippen molar-refractivity contribution in [1.82, 2.24) is 5.32 Å². The number of rotatable bonds is 6. The monoisotopic (exact) mass is 281 g/mol. The Bertz CT molecular complexity index is 262. The van der Waals surface area contributed by atoms with E-state index >= 15 is 0 Å². The zero-order chi connectivity index (χ0) is 14.4. The maximum atomic E-state index is 5.90. The number of hydrogen-bond acceptors (Lipinski definition) is 2. The van der Waals surface area contributed by atoms with E-state index in [0.29, 0.717) is 6.10 Å². The van der Waals surface area contributed by atoms with E-state index in [1.54, 1.807) is 0 Å². The molecule has 0 spiro atoms. The van der Waals surface area contributed by atoms with Crippen LogP contribution in [-0.2, 0) is 4.74 Å². The highest BCUT2D eigenvalue weighted by Crippen LogP contribution is 2.36. The summed E-state index contributed by atoms with van der Waals surface area (Å²) < 4.78 is 5.90. The van der Waals surface area contributed by atoms with E-state index in [0.717, 1.165) is 36.9 Å². The van der Waals surface area contributed by atoms with Gasteiger partial charge in [-0.1, -0.05) is 27.2 Å². The van der Waals surface area contributed by atoms with E-state index in [4.69, 9.17) is 4.74 Å². The second-order valence-electron chi connectivity index (χ2n) is 7.26. The van der Waals surface area contributed by atoms with Crippen molar-refractivity contribution in [2.45, 2.75) is 84.3 Å². The molecule has 1 aliphatic carbocycles. The van der Waals surface area contributed by atoms with Gasteiger partial charge in [0.05, 0.1) is 6.10 Å². The first kappa shape index (κ1) is 16.3. The summed E-state index contributed by atoms with van der Waals surface area (Å²) in [6, 6.07) is 0.723. The molecular formula is C18H35NO. The summed E-state index contributed by atoms with van der Waals surface area (Å²) >= 11 is 0. The third-order valence-corrected chi connectivity index (χ3v) is 5.75. The van der Waals surface area contributed by atoms with E-state index < -0.39 is 0 Å². The number of hydrogen-bond donors (Lipinski definition) is 1. The van der Waals surface area contributed by atoms with Gasteiger partial charge >= 0.3 is 0 Å². The lowest BCUT2D eigenvalue weighted by atomic mass is 9.72. The second-order valence-corrected chi connectivity index (χ2v) is 7.26. The zero-order valence-electron chi connectivity index (χ0n) is 13.9. The molecule has 1 saturated carbocycles. The summed E-state index contributed by atoms with van der Waals surface area (Å²) in [5.74, 6) is 2.72. The number of nitrogens with one attached hydrogen (secondary N) is 1. The van der Waals surface area contributed by atoms with Gasteiger partial charge in [0.25, 0.3) is 0 Å². The maximum absolute atomic E-state index is 5.90. The number of ether oxygens (including phenoxy) is 1. The Labute approximate surface area is 126 Å². The second kappa shape index (κ2) is 8.38. The Hall–Kier alpha value is -0.0800. The molecule has 1 aliphatic heterocycles. The van der Waals surface area contributed by atoms with Crippen molar-refractivity contribution in [3.63, 3.8) is 0 Å². The van der Waals surface area contributed by atoms with Crippen molar-refractivity contribution in [3.05, 3.63) is 0 Å². The van der Waals surface area contributed by atoms with E-state index in [1.807, 2.05) is 0 Å². The average molecular weight is 281 g/mol. The van der Waals surface area contributed by atoms with Crippen LogP contribution in [0.2, 0.25) is 0 Å². The van der Waals surface area contributed by atoms with Crippen LogP contribution in [0.3, 0.4) is 0 Å². The highest BCUT2D eigenvalue weighted by atomic mass is 16.5. The molecule has 2 fully saturated rings. The average Bonchev–Trinajstić information content (AvgIpc) is 2.47. The molecule has 2 nitrogen and oxygen atoms in total. The fraction of sp³-hybridized carbons (Fsp3) is 1.00. The summed E-state index contributed by atoms with van der Waals surface area (Å²) in [5, 5.41) is 3.77. The van der Waals surface area contributed by atoms with E-state index in [2.05, 4.69) is 26.1 Å². The van der Waals surface area contributed by atoms with Crippen LogP contribution in [0.1, 0.15) is 72.1 Å². The molecule has 5 atom stereocenters. The quantitative estimate of drug-likeness (QED) is 0.780.